The van der Waals surface area contributed by atoms with Gasteiger partial charge >= 0.3 is 6.18 Å². The zero-order chi connectivity index (χ0) is 19.0. The van der Waals surface area contributed by atoms with Crippen molar-refractivity contribution in [1.82, 2.24) is 29.6 Å². The zero-order valence-corrected chi connectivity index (χ0v) is 14.1. The predicted molar refractivity (Wildman–Crippen MR) is 91.4 cm³/mol. The lowest BCUT2D eigenvalue weighted by Crippen LogP contribution is -2.14. The van der Waals surface area contributed by atoms with Gasteiger partial charge in [0.15, 0.2) is 5.65 Å². The first-order valence-electron chi connectivity index (χ1n) is 8.08. The number of alkyl halides is 3. The highest BCUT2D eigenvalue weighted by molar-refractivity contribution is 5.46. The minimum atomic E-state index is -4.63. The number of aromatic nitrogens is 6. The summed E-state index contributed by atoms with van der Waals surface area (Å²) in [5, 5.41) is 17.9. The maximum Gasteiger partial charge on any atom is 0.453 e. The van der Waals surface area contributed by atoms with Crippen molar-refractivity contribution < 1.29 is 13.2 Å². The minimum absolute atomic E-state index is 0.0316. The normalized spacial score (nSPS) is 13.0. The minimum Gasteiger partial charge on any atom is -0.362 e. The molecule has 1 N–H and O–H groups in total. The smallest absolute Gasteiger partial charge is 0.362 e. The molecular formula is C17H14F3N7. The Hall–Kier alpha value is -3.43. The van der Waals surface area contributed by atoms with Crippen LogP contribution in [0.1, 0.15) is 24.4 Å². The predicted octanol–water partition coefficient (Wildman–Crippen LogP) is 3.50. The molecule has 7 nitrogen and oxygen atoms in total. The summed E-state index contributed by atoms with van der Waals surface area (Å²) in [5.74, 6) is -0.867. The van der Waals surface area contributed by atoms with E-state index in [0.29, 0.717) is 4.52 Å². The molecule has 0 spiro atoms. The van der Waals surface area contributed by atoms with Gasteiger partial charge in [-0.3, -0.25) is 0 Å². The highest BCUT2D eigenvalue weighted by Crippen LogP contribution is 2.28. The van der Waals surface area contributed by atoms with E-state index >= 15 is 0 Å². The van der Waals surface area contributed by atoms with Gasteiger partial charge in [-0.15, -0.1) is 15.3 Å². The molecule has 0 fully saturated rings. The Morgan fingerprint density at radius 1 is 1.04 bits per heavy atom. The van der Waals surface area contributed by atoms with E-state index in [1.807, 2.05) is 43.5 Å². The number of nitrogens with zero attached hydrogens (tertiary/aromatic N) is 6. The lowest BCUT2D eigenvalue weighted by atomic mass is 10.1. The van der Waals surface area contributed by atoms with Crippen molar-refractivity contribution >= 4 is 11.5 Å². The van der Waals surface area contributed by atoms with Crippen LogP contribution in [-0.2, 0) is 6.18 Å². The van der Waals surface area contributed by atoms with Crippen LogP contribution in [0.5, 0.6) is 0 Å². The molecule has 0 amide bonds. The average molecular weight is 373 g/mol. The van der Waals surface area contributed by atoms with Gasteiger partial charge in [0.2, 0.25) is 0 Å². The highest BCUT2D eigenvalue weighted by Gasteiger charge is 2.37. The second-order valence-corrected chi connectivity index (χ2v) is 5.92. The van der Waals surface area contributed by atoms with Crippen molar-refractivity contribution in [2.24, 2.45) is 0 Å². The SMILES string of the molecule is CC(Nc1ccc2nnc(C(F)(F)F)n2n1)c1ccc(-n2cccn2)cc1. The third-order valence-corrected chi connectivity index (χ3v) is 4.04. The Labute approximate surface area is 151 Å². The number of rotatable bonds is 4. The summed E-state index contributed by atoms with van der Waals surface area (Å²) in [5.41, 5.74) is 1.89. The third kappa shape index (κ3) is 3.33. The first-order valence-corrected chi connectivity index (χ1v) is 8.08. The molecule has 0 aliphatic heterocycles. The van der Waals surface area contributed by atoms with Crippen LogP contribution in [0.3, 0.4) is 0 Å². The second kappa shape index (κ2) is 6.38. The third-order valence-electron chi connectivity index (χ3n) is 4.04. The van der Waals surface area contributed by atoms with Gasteiger partial charge in [0, 0.05) is 18.4 Å². The fraction of sp³-hybridized carbons (Fsp3) is 0.176. The van der Waals surface area contributed by atoms with Crippen molar-refractivity contribution in [3.63, 3.8) is 0 Å². The van der Waals surface area contributed by atoms with Gasteiger partial charge in [-0.25, -0.2) is 4.68 Å². The van der Waals surface area contributed by atoms with E-state index in [9.17, 15) is 13.2 Å². The van der Waals surface area contributed by atoms with Gasteiger partial charge in [-0.2, -0.15) is 22.8 Å². The molecule has 10 heteroatoms. The molecule has 1 atom stereocenters. The van der Waals surface area contributed by atoms with E-state index < -0.39 is 12.0 Å². The van der Waals surface area contributed by atoms with Crippen LogP contribution >= 0.6 is 0 Å². The number of hydrogen-bond donors (Lipinski definition) is 1. The van der Waals surface area contributed by atoms with Crippen molar-refractivity contribution in [3.8, 4) is 5.69 Å². The van der Waals surface area contributed by atoms with Gasteiger partial charge in [0.1, 0.15) is 5.82 Å². The van der Waals surface area contributed by atoms with Gasteiger partial charge in [0.25, 0.3) is 5.82 Å². The van der Waals surface area contributed by atoms with E-state index in [1.54, 1.807) is 16.9 Å². The molecule has 0 radical (unpaired) electrons. The monoisotopic (exact) mass is 373 g/mol. The van der Waals surface area contributed by atoms with E-state index in [2.05, 4.69) is 25.7 Å². The van der Waals surface area contributed by atoms with Crippen molar-refractivity contribution in [2.75, 3.05) is 5.32 Å². The molecule has 1 unspecified atom stereocenters. The van der Waals surface area contributed by atoms with Crippen LogP contribution in [0.4, 0.5) is 19.0 Å². The van der Waals surface area contributed by atoms with Crippen LogP contribution < -0.4 is 5.32 Å². The topological polar surface area (TPSA) is 72.9 Å². The molecular weight excluding hydrogens is 359 g/mol. The molecule has 4 rings (SSSR count). The van der Waals surface area contributed by atoms with Crippen molar-refractivity contribution in [1.29, 1.82) is 0 Å². The van der Waals surface area contributed by atoms with Gasteiger partial charge in [-0.05, 0) is 42.8 Å². The fourth-order valence-corrected chi connectivity index (χ4v) is 2.69. The Balaban J connectivity index is 1.56. The summed E-state index contributed by atoms with van der Waals surface area (Å²) in [6.07, 6.45) is -1.09. The Bertz CT molecular complexity index is 1050. The Morgan fingerprint density at radius 3 is 2.48 bits per heavy atom. The quantitative estimate of drug-likeness (QED) is 0.593. The molecule has 3 aromatic heterocycles. The van der Waals surface area contributed by atoms with Crippen LogP contribution in [-0.4, -0.2) is 29.6 Å². The number of fused-ring (bicyclic) bond motifs is 1. The number of anilines is 1. The number of halogens is 3. The van der Waals surface area contributed by atoms with Gasteiger partial charge in [0.05, 0.1) is 5.69 Å². The first kappa shape index (κ1) is 17.0. The molecule has 27 heavy (non-hydrogen) atoms. The molecule has 0 bridgehead atoms. The summed E-state index contributed by atoms with van der Waals surface area (Å²) in [6, 6.07) is 12.3. The summed E-state index contributed by atoms with van der Waals surface area (Å²) in [7, 11) is 0. The molecule has 138 valence electrons. The van der Waals surface area contributed by atoms with Crippen molar-refractivity contribution in [3.05, 3.63) is 66.2 Å². The maximum absolute atomic E-state index is 13.0. The maximum atomic E-state index is 13.0. The van der Waals surface area contributed by atoms with Crippen LogP contribution in [0.2, 0.25) is 0 Å². The molecule has 0 saturated carbocycles. The summed E-state index contributed by atoms with van der Waals surface area (Å²) in [6.45, 7) is 1.89. The van der Waals surface area contributed by atoms with Crippen LogP contribution in [0.25, 0.3) is 11.3 Å². The number of hydrogen-bond acceptors (Lipinski definition) is 5. The standard InChI is InChI=1S/C17H14F3N7/c1-11(12-3-5-13(6-4-12)26-10-2-9-21-26)22-14-7-8-15-23-24-16(17(18,19)20)27(15)25-14/h2-11H,1H3,(H,22,25). The van der Waals surface area contributed by atoms with Gasteiger partial charge in [-0.1, -0.05) is 12.1 Å². The second-order valence-electron chi connectivity index (χ2n) is 5.92. The van der Waals surface area contributed by atoms with Crippen molar-refractivity contribution in [2.45, 2.75) is 19.1 Å². The molecule has 4 aromatic rings. The zero-order valence-electron chi connectivity index (χ0n) is 14.1. The molecule has 0 aliphatic carbocycles. The van der Waals surface area contributed by atoms with Crippen LogP contribution in [0.15, 0.2) is 54.9 Å². The highest BCUT2D eigenvalue weighted by atomic mass is 19.4. The van der Waals surface area contributed by atoms with E-state index in [0.717, 1.165) is 11.3 Å². The summed E-state index contributed by atoms with van der Waals surface area (Å²) < 4.78 is 41.4. The van der Waals surface area contributed by atoms with Gasteiger partial charge < -0.3 is 5.32 Å². The number of nitrogens with one attached hydrogen (secondary N) is 1. The summed E-state index contributed by atoms with van der Waals surface area (Å²) >= 11 is 0. The molecule has 0 aliphatic rings. The Kier molecular flexibility index (Phi) is 4.02. The van der Waals surface area contributed by atoms with E-state index in [4.69, 9.17) is 0 Å². The fourth-order valence-electron chi connectivity index (χ4n) is 2.69. The lowest BCUT2D eigenvalue weighted by molar-refractivity contribution is -0.146. The Morgan fingerprint density at radius 2 is 1.81 bits per heavy atom. The molecule has 0 saturated heterocycles. The van der Waals surface area contributed by atoms with E-state index in [1.165, 1.54) is 6.07 Å². The lowest BCUT2D eigenvalue weighted by Gasteiger charge is -2.15. The first-order chi connectivity index (χ1) is 12.9. The average Bonchev–Trinajstić information content (AvgIpc) is 3.31. The largest absolute Gasteiger partial charge is 0.453 e. The summed E-state index contributed by atoms with van der Waals surface area (Å²) in [4.78, 5) is 0. The number of benzene rings is 1. The molecule has 1 aromatic carbocycles. The molecule has 3 heterocycles. The van der Waals surface area contributed by atoms with Crippen LogP contribution in [0, 0.1) is 0 Å². The van der Waals surface area contributed by atoms with E-state index in [-0.39, 0.29) is 17.5 Å².